The first kappa shape index (κ1) is 16.7. The lowest BCUT2D eigenvalue weighted by Crippen LogP contribution is -2.54. The summed E-state index contributed by atoms with van der Waals surface area (Å²) in [5.74, 6) is -0.0555. The van der Waals surface area contributed by atoms with E-state index in [4.69, 9.17) is 9.15 Å². The molecule has 0 bridgehead atoms. The number of amides is 1. The maximum absolute atomic E-state index is 12.6. The number of halogens is 3. The molecule has 9 heteroatoms. The SMILES string of the molecule is Cc1nc2ccc(NC(=O)[C@H]3COCCN3CC(F)(F)F)cc2o1. The Kier molecular flexibility index (Phi) is 4.46. The second-order valence-electron chi connectivity index (χ2n) is 5.58. The third-order valence-electron chi connectivity index (χ3n) is 3.69. The fraction of sp³-hybridized carbons (Fsp3) is 0.467. The van der Waals surface area contributed by atoms with Gasteiger partial charge in [-0.05, 0) is 12.1 Å². The van der Waals surface area contributed by atoms with Crippen LogP contribution in [0.2, 0.25) is 0 Å². The van der Waals surface area contributed by atoms with Crippen LogP contribution < -0.4 is 5.32 Å². The zero-order chi connectivity index (χ0) is 17.3. The number of nitrogens with zero attached hydrogens (tertiary/aromatic N) is 2. The lowest BCUT2D eigenvalue weighted by molar-refractivity contribution is -0.165. The summed E-state index contributed by atoms with van der Waals surface area (Å²) in [7, 11) is 0. The Balaban J connectivity index is 1.73. The molecule has 1 atom stereocenters. The van der Waals surface area contributed by atoms with Crippen LogP contribution in [0.3, 0.4) is 0 Å². The van der Waals surface area contributed by atoms with Gasteiger partial charge < -0.3 is 14.5 Å². The normalized spacial score (nSPS) is 19.6. The predicted molar refractivity (Wildman–Crippen MR) is 79.6 cm³/mol. The summed E-state index contributed by atoms with van der Waals surface area (Å²) in [5, 5.41) is 2.61. The van der Waals surface area contributed by atoms with Crippen LogP contribution in [0, 0.1) is 6.92 Å². The number of oxazole rings is 1. The molecule has 0 unspecified atom stereocenters. The van der Waals surface area contributed by atoms with Gasteiger partial charge in [-0.3, -0.25) is 9.69 Å². The third-order valence-corrected chi connectivity index (χ3v) is 3.69. The van der Waals surface area contributed by atoms with Crippen molar-refractivity contribution in [1.82, 2.24) is 9.88 Å². The molecule has 1 amide bonds. The number of rotatable bonds is 3. The largest absolute Gasteiger partial charge is 0.441 e. The number of ether oxygens (including phenoxy) is 1. The van der Waals surface area contributed by atoms with Crippen molar-refractivity contribution in [3.05, 3.63) is 24.1 Å². The summed E-state index contributed by atoms with van der Waals surface area (Å²) in [6, 6.07) is 3.89. The third kappa shape index (κ3) is 3.85. The van der Waals surface area contributed by atoms with Crippen molar-refractivity contribution in [3.63, 3.8) is 0 Å². The molecule has 1 fully saturated rings. The summed E-state index contributed by atoms with van der Waals surface area (Å²) in [4.78, 5) is 17.6. The first-order chi connectivity index (χ1) is 11.3. The van der Waals surface area contributed by atoms with Gasteiger partial charge in [0, 0.05) is 25.2 Å². The number of carbonyl (C=O) groups is 1. The standard InChI is InChI=1S/C15H16F3N3O3/c1-9-19-11-3-2-10(6-13(11)24-9)20-14(22)12-7-23-5-4-21(12)8-15(16,17)18/h2-3,6,12H,4-5,7-8H2,1H3,(H,20,22)/t12-/m1/s1. The molecule has 0 aliphatic carbocycles. The fourth-order valence-corrected chi connectivity index (χ4v) is 2.64. The van der Waals surface area contributed by atoms with Gasteiger partial charge in [0.15, 0.2) is 11.5 Å². The highest BCUT2D eigenvalue weighted by atomic mass is 19.4. The van der Waals surface area contributed by atoms with Crippen LogP contribution in [-0.2, 0) is 9.53 Å². The molecule has 24 heavy (non-hydrogen) atoms. The van der Waals surface area contributed by atoms with Crippen molar-refractivity contribution in [2.45, 2.75) is 19.1 Å². The van der Waals surface area contributed by atoms with E-state index in [9.17, 15) is 18.0 Å². The molecule has 130 valence electrons. The molecule has 1 aromatic carbocycles. The van der Waals surface area contributed by atoms with Crippen LogP contribution in [0.1, 0.15) is 5.89 Å². The second kappa shape index (κ2) is 6.40. The van der Waals surface area contributed by atoms with E-state index < -0.39 is 24.7 Å². The Hall–Kier alpha value is -2.13. The molecule has 6 nitrogen and oxygen atoms in total. The summed E-state index contributed by atoms with van der Waals surface area (Å²) >= 11 is 0. The fourth-order valence-electron chi connectivity index (χ4n) is 2.64. The van der Waals surface area contributed by atoms with Crippen LogP contribution in [0.4, 0.5) is 18.9 Å². The number of aromatic nitrogens is 1. The zero-order valence-electron chi connectivity index (χ0n) is 12.9. The minimum Gasteiger partial charge on any atom is -0.441 e. The summed E-state index contributed by atoms with van der Waals surface area (Å²) < 4.78 is 48.5. The number of aryl methyl sites for hydroxylation is 1. The number of benzene rings is 1. The average molecular weight is 343 g/mol. The Morgan fingerprint density at radius 1 is 1.46 bits per heavy atom. The van der Waals surface area contributed by atoms with Crippen molar-refractivity contribution in [1.29, 1.82) is 0 Å². The van der Waals surface area contributed by atoms with E-state index >= 15 is 0 Å². The van der Waals surface area contributed by atoms with E-state index in [0.29, 0.717) is 22.7 Å². The first-order valence-electron chi connectivity index (χ1n) is 7.38. The quantitative estimate of drug-likeness (QED) is 0.927. The van der Waals surface area contributed by atoms with Crippen LogP contribution in [0.25, 0.3) is 11.1 Å². The van der Waals surface area contributed by atoms with E-state index in [2.05, 4.69) is 10.3 Å². The van der Waals surface area contributed by atoms with Gasteiger partial charge in [-0.25, -0.2) is 4.98 Å². The molecule has 1 aliphatic heterocycles. The van der Waals surface area contributed by atoms with Crippen LogP contribution in [0.15, 0.2) is 22.6 Å². The van der Waals surface area contributed by atoms with Gasteiger partial charge in [-0.2, -0.15) is 13.2 Å². The highest BCUT2D eigenvalue weighted by molar-refractivity contribution is 5.96. The van der Waals surface area contributed by atoms with E-state index in [0.717, 1.165) is 4.90 Å². The first-order valence-corrected chi connectivity index (χ1v) is 7.38. The molecule has 3 rings (SSSR count). The van der Waals surface area contributed by atoms with Gasteiger partial charge in [-0.15, -0.1) is 0 Å². The summed E-state index contributed by atoms with van der Waals surface area (Å²) in [5.41, 5.74) is 1.57. The molecular weight excluding hydrogens is 327 g/mol. The molecule has 1 aliphatic rings. The highest BCUT2D eigenvalue weighted by Gasteiger charge is 2.38. The van der Waals surface area contributed by atoms with Crippen LogP contribution in [-0.4, -0.2) is 54.3 Å². The molecule has 1 saturated heterocycles. The number of carbonyl (C=O) groups excluding carboxylic acids is 1. The topological polar surface area (TPSA) is 67.6 Å². The average Bonchev–Trinajstić information content (AvgIpc) is 2.85. The number of fused-ring (bicyclic) bond motifs is 1. The molecule has 2 heterocycles. The number of nitrogens with one attached hydrogen (secondary N) is 1. The number of hydrogen-bond donors (Lipinski definition) is 1. The lowest BCUT2D eigenvalue weighted by Gasteiger charge is -2.34. The molecule has 0 radical (unpaired) electrons. The van der Waals surface area contributed by atoms with Crippen molar-refractivity contribution in [2.75, 3.05) is 31.6 Å². The molecular formula is C15H16F3N3O3. The van der Waals surface area contributed by atoms with Crippen molar-refractivity contribution in [2.24, 2.45) is 0 Å². The van der Waals surface area contributed by atoms with Crippen molar-refractivity contribution >= 4 is 22.7 Å². The van der Waals surface area contributed by atoms with Gasteiger partial charge in [-0.1, -0.05) is 0 Å². The highest BCUT2D eigenvalue weighted by Crippen LogP contribution is 2.22. The Morgan fingerprint density at radius 2 is 2.25 bits per heavy atom. The van der Waals surface area contributed by atoms with E-state index in [1.165, 1.54) is 0 Å². The smallest absolute Gasteiger partial charge is 0.401 e. The molecule has 0 saturated carbocycles. The Labute approximate surface area is 135 Å². The van der Waals surface area contributed by atoms with Gasteiger partial charge >= 0.3 is 6.18 Å². The summed E-state index contributed by atoms with van der Waals surface area (Å²) in [6.07, 6.45) is -4.37. The molecule has 1 aromatic heterocycles. The number of hydrogen-bond acceptors (Lipinski definition) is 5. The molecule has 0 spiro atoms. The predicted octanol–water partition coefficient (Wildman–Crippen LogP) is 2.34. The van der Waals surface area contributed by atoms with E-state index in [1.54, 1.807) is 25.1 Å². The monoisotopic (exact) mass is 343 g/mol. The minimum atomic E-state index is -4.37. The maximum atomic E-state index is 12.6. The van der Waals surface area contributed by atoms with Gasteiger partial charge in [0.05, 0.1) is 19.8 Å². The van der Waals surface area contributed by atoms with Crippen LogP contribution in [0.5, 0.6) is 0 Å². The Bertz CT molecular complexity index is 744. The molecule has 1 N–H and O–H groups in total. The van der Waals surface area contributed by atoms with Gasteiger partial charge in [0.25, 0.3) is 0 Å². The summed E-state index contributed by atoms with van der Waals surface area (Å²) in [6.45, 7) is 0.702. The van der Waals surface area contributed by atoms with Crippen molar-refractivity contribution < 1.29 is 27.1 Å². The number of alkyl halides is 3. The van der Waals surface area contributed by atoms with E-state index in [1.807, 2.05) is 0 Å². The van der Waals surface area contributed by atoms with Gasteiger partial charge in [0.1, 0.15) is 11.6 Å². The second-order valence-corrected chi connectivity index (χ2v) is 5.58. The molecule has 2 aromatic rings. The lowest BCUT2D eigenvalue weighted by atomic mass is 10.2. The van der Waals surface area contributed by atoms with E-state index in [-0.39, 0.29) is 19.8 Å². The number of anilines is 1. The Morgan fingerprint density at radius 3 is 3.00 bits per heavy atom. The minimum absolute atomic E-state index is 0.0535. The zero-order valence-corrected chi connectivity index (χ0v) is 12.9. The van der Waals surface area contributed by atoms with Gasteiger partial charge in [0.2, 0.25) is 5.91 Å². The number of morpholine rings is 1. The maximum Gasteiger partial charge on any atom is 0.401 e. The van der Waals surface area contributed by atoms with Crippen molar-refractivity contribution in [3.8, 4) is 0 Å². The van der Waals surface area contributed by atoms with Crippen LogP contribution >= 0.6 is 0 Å².